The highest BCUT2D eigenvalue weighted by Gasteiger charge is 2.31. The Bertz CT molecular complexity index is 1230. The van der Waals surface area contributed by atoms with Crippen LogP contribution in [-0.4, -0.2) is 28.0 Å². The van der Waals surface area contributed by atoms with Gasteiger partial charge in [-0.25, -0.2) is 8.42 Å². The normalized spacial score (nSPS) is 11.7. The number of carbonyl (C=O) groups excluding carboxylic acids is 1. The molecule has 0 aliphatic carbocycles. The van der Waals surface area contributed by atoms with E-state index in [0.29, 0.717) is 4.47 Å². The first kappa shape index (κ1) is 24.6. The van der Waals surface area contributed by atoms with E-state index in [2.05, 4.69) is 21.2 Å². The zero-order valence-electron chi connectivity index (χ0n) is 17.1. The van der Waals surface area contributed by atoms with Gasteiger partial charge in [0.05, 0.1) is 18.4 Å². The molecular weight excluding hydrogens is 525 g/mol. The largest absolute Gasteiger partial charge is 0.495 e. The number of hydrogen-bond donors (Lipinski definition) is 1. The third kappa shape index (κ3) is 5.85. The van der Waals surface area contributed by atoms with Crippen molar-refractivity contribution in [2.24, 2.45) is 0 Å². The van der Waals surface area contributed by atoms with Crippen LogP contribution in [0, 0.1) is 0 Å². The van der Waals surface area contributed by atoms with Crippen molar-refractivity contribution in [2.45, 2.75) is 11.1 Å². The van der Waals surface area contributed by atoms with Crippen LogP contribution in [0.1, 0.15) is 5.56 Å². The van der Waals surface area contributed by atoms with E-state index in [1.54, 1.807) is 24.3 Å². The lowest BCUT2D eigenvalue weighted by atomic mass is 10.2. The Morgan fingerprint density at radius 3 is 2.24 bits per heavy atom. The molecule has 0 radical (unpaired) electrons. The van der Waals surface area contributed by atoms with Crippen LogP contribution in [0.25, 0.3) is 0 Å². The van der Waals surface area contributed by atoms with Gasteiger partial charge in [0.15, 0.2) is 0 Å². The molecule has 0 aromatic heterocycles. The second-order valence-electron chi connectivity index (χ2n) is 6.77. The number of ether oxygens (including phenoxy) is 1. The summed E-state index contributed by atoms with van der Waals surface area (Å²) in [6, 6.07) is 16.3. The van der Waals surface area contributed by atoms with E-state index < -0.39 is 34.2 Å². The van der Waals surface area contributed by atoms with Gasteiger partial charge in [0.1, 0.15) is 17.2 Å². The van der Waals surface area contributed by atoms with Crippen LogP contribution in [0.4, 0.5) is 24.5 Å². The second kappa shape index (κ2) is 9.84. The third-order valence-corrected chi connectivity index (χ3v) is 6.81. The standard InChI is InChI=1S/C22H18BrF3N2O4S/c1-32-19-12-9-16(23)13-20(19)33(30,31)28(18-5-3-2-4-6-18)14-21(29)27-17-10-7-15(8-11-17)22(24,25)26/h2-13H,14H2,1H3,(H,27,29). The van der Waals surface area contributed by atoms with Gasteiger partial charge in [-0.2, -0.15) is 13.2 Å². The van der Waals surface area contributed by atoms with Crippen molar-refractivity contribution in [1.82, 2.24) is 0 Å². The van der Waals surface area contributed by atoms with Gasteiger partial charge >= 0.3 is 6.18 Å². The van der Waals surface area contributed by atoms with E-state index >= 15 is 0 Å². The number of benzene rings is 3. The average Bonchev–Trinajstić information content (AvgIpc) is 2.77. The second-order valence-corrected chi connectivity index (χ2v) is 9.51. The number of carbonyl (C=O) groups is 1. The van der Waals surface area contributed by atoms with Gasteiger partial charge in [0.2, 0.25) is 5.91 Å². The van der Waals surface area contributed by atoms with Crippen LogP contribution in [0.15, 0.2) is 82.2 Å². The molecule has 0 aliphatic heterocycles. The summed E-state index contributed by atoms with van der Waals surface area (Å²) in [5.74, 6) is -0.654. The van der Waals surface area contributed by atoms with Crippen LogP contribution in [-0.2, 0) is 21.0 Å². The molecule has 11 heteroatoms. The van der Waals surface area contributed by atoms with E-state index in [1.807, 2.05) is 0 Å². The monoisotopic (exact) mass is 542 g/mol. The Balaban J connectivity index is 1.93. The number of para-hydroxylation sites is 1. The minimum Gasteiger partial charge on any atom is -0.495 e. The van der Waals surface area contributed by atoms with Gasteiger partial charge < -0.3 is 10.1 Å². The van der Waals surface area contributed by atoms with E-state index in [-0.39, 0.29) is 22.0 Å². The number of alkyl halides is 3. The van der Waals surface area contributed by atoms with Gasteiger partial charge in [-0.05, 0) is 54.6 Å². The van der Waals surface area contributed by atoms with Gasteiger partial charge in [0, 0.05) is 10.2 Å². The Labute approximate surface area is 197 Å². The minimum atomic E-state index is -4.51. The highest BCUT2D eigenvalue weighted by atomic mass is 79.9. The van der Waals surface area contributed by atoms with E-state index in [4.69, 9.17) is 4.74 Å². The third-order valence-electron chi connectivity index (χ3n) is 4.52. The van der Waals surface area contributed by atoms with Crippen molar-refractivity contribution in [3.63, 3.8) is 0 Å². The molecule has 0 bridgehead atoms. The maximum Gasteiger partial charge on any atom is 0.416 e. The first-order chi connectivity index (χ1) is 15.5. The van der Waals surface area contributed by atoms with Crippen LogP contribution in [0.5, 0.6) is 5.75 Å². The molecule has 0 saturated heterocycles. The predicted molar refractivity (Wildman–Crippen MR) is 122 cm³/mol. The number of methoxy groups -OCH3 is 1. The smallest absolute Gasteiger partial charge is 0.416 e. The van der Waals surface area contributed by atoms with Crippen LogP contribution in [0.3, 0.4) is 0 Å². The molecule has 33 heavy (non-hydrogen) atoms. The lowest BCUT2D eigenvalue weighted by Crippen LogP contribution is -2.38. The van der Waals surface area contributed by atoms with Crippen LogP contribution >= 0.6 is 15.9 Å². The number of nitrogens with one attached hydrogen (secondary N) is 1. The molecule has 0 atom stereocenters. The van der Waals surface area contributed by atoms with Gasteiger partial charge in [0.25, 0.3) is 10.0 Å². The van der Waals surface area contributed by atoms with Crippen LogP contribution in [0.2, 0.25) is 0 Å². The predicted octanol–water partition coefficient (Wildman–Crippen LogP) is 5.31. The fraction of sp³-hybridized carbons (Fsp3) is 0.136. The SMILES string of the molecule is COc1ccc(Br)cc1S(=O)(=O)N(CC(=O)Nc1ccc(C(F)(F)F)cc1)c1ccccc1. The molecule has 1 N–H and O–H groups in total. The fourth-order valence-electron chi connectivity index (χ4n) is 2.95. The summed E-state index contributed by atoms with van der Waals surface area (Å²) in [4.78, 5) is 12.5. The maximum absolute atomic E-state index is 13.5. The molecule has 1 amide bonds. The number of halogens is 4. The molecule has 174 valence electrons. The zero-order valence-corrected chi connectivity index (χ0v) is 19.5. The zero-order chi connectivity index (χ0) is 24.2. The number of rotatable bonds is 7. The molecule has 0 fully saturated rings. The number of nitrogens with zero attached hydrogens (tertiary/aromatic N) is 1. The summed E-state index contributed by atoms with van der Waals surface area (Å²) >= 11 is 3.24. The summed E-state index contributed by atoms with van der Waals surface area (Å²) in [6.45, 7) is -0.622. The number of hydrogen-bond acceptors (Lipinski definition) is 4. The van der Waals surface area contributed by atoms with Gasteiger partial charge in [-0.15, -0.1) is 0 Å². The topological polar surface area (TPSA) is 75.7 Å². The highest BCUT2D eigenvalue weighted by molar-refractivity contribution is 9.10. The van der Waals surface area contributed by atoms with Crippen LogP contribution < -0.4 is 14.4 Å². The molecule has 3 rings (SSSR count). The number of amides is 1. The summed E-state index contributed by atoms with van der Waals surface area (Å²) in [7, 11) is -2.94. The Hall–Kier alpha value is -3.05. The van der Waals surface area contributed by atoms with Crippen molar-refractivity contribution in [2.75, 3.05) is 23.3 Å². The number of sulfonamides is 1. The summed E-state index contributed by atoms with van der Waals surface area (Å²) in [5, 5.41) is 2.43. The first-order valence-corrected chi connectivity index (χ1v) is 11.6. The lowest BCUT2D eigenvalue weighted by Gasteiger charge is -2.25. The summed E-state index contributed by atoms with van der Waals surface area (Å²) in [5.41, 5.74) is -0.545. The summed E-state index contributed by atoms with van der Waals surface area (Å²) in [6.07, 6.45) is -4.51. The molecule has 3 aromatic rings. The maximum atomic E-state index is 13.5. The first-order valence-electron chi connectivity index (χ1n) is 9.41. The summed E-state index contributed by atoms with van der Waals surface area (Å²) < 4.78 is 71.9. The molecule has 0 aliphatic rings. The Morgan fingerprint density at radius 1 is 1.03 bits per heavy atom. The van der Waals surface area contributed by atoms with Crippen molar-refractivity contribution < 1.29 is 31.1 Å². The highest BCUT2D eigenvalue weighted by Crippen LogP contribution is 2.33. The Kier molecular flexibility index (Phi) is 7.33. The molecule has 0 spiro atoms. The molecule has 6 nitrogen and oxygen atoms in total. The molecule has 0 unspecified atom stereocenters. The van der Waals surface area contributed by atoms with Crippen molar-refractivity contribution in [1.29, 1.82) is 0 Å². The van der Waals surface area contributed by atoms with Crippen molar-refractivity contribution in [3.8, 4) is 5.75 Å². The minimum absolute atomic E-state index is 0.0854. The van der Waals surface area contributed by atoms with Gasteiger partial charge in [-0.3, -0.25) is 9.10 Å². The van der Waals surface area contributed by atoms with Gasteiger partial charge in [-0.1, -0.05) is 34.1 Å². The van der Waals surface area contributed by atoms with Crippen molar-refractivity contribution >= 4 is 43.2 Å². The molecular formula is C22H18BrF3N2O4S. The lowest BCUT2D eigenvalue weighted by molar-refractivity contribution is -0.137. The van der Waals surface area contributed by atoms with E-state index in [9.17, 15) is 26.4 Å². The Morgan fingerprint density at radius 2 is 1.67 bits per heavy atom. The fourth-order valence-corrected chi connectivity index (χ4v) is 5.07. The molecule has 0 saturated carbocycles. The quantitative estimate of drug-likeness (QED) is 0.439. The molecule has 0 heterocycles. The van der Waals surface area contributed by atoms with Crippen molar-refractivity contribution in [3.05, 3.63) is 82.8 Å². The van der Waals surface area contributed by atoms with E-state index in [0.717, 1.165) is 28.6 Å². The molecule has 3 aromatic carbocycles. The average molecular weight is 543 g/mol. The number of anilines is 2. The van der Waals surface area contributed by atoms with E-state index in [1.165, 1.54) is 31.4 Å².